The summed E-state index contributed by atoms with van der Waals surface area (Å²) in [5, 5.41) is 7.10. The molecule has 1 aromatic heterocycles. The van der Waals surface area contributed by atoms with Crippen LogP contribution in [0.2, 0.25) is 0 Å². The Kier molecular flexibility index (Phi) is 3.20. The van der Waals surface area contributed by atoms with Gasteiger partial charge in [-0.05, 0) is 43.7 Å². The van der Waals surface area contributed by atoms with E-state index >= 15 is 0 Å². The van der Waals surface area contributed by atoms with E-state index in [4.69, 9.17) is 0 Å². The maximum Gasteiger partial charge on any atom is 0.433 e. The molecule has 0 radical (unpaired) electrons. The summed E-state index contributed by atoms with van der Waals surface area (Å²) in [4.78, 5) is 16.6. The summed E-state index contributed by atoms with van der Waals surface area (Å²) < 4.78 is 39.6. The molecule has 7 heteroatoms. The third kappa shape index (κ3) is 2.40. The summed E-state index contributed by atoms with van der Waals surface area (Å²) in [6.45, 7) is 0. The van der Waals surface area contributed by atoms with Crippen LogP contribution in [-0.4, -0.2) is 28.5 Å². The predicted molar refractivity (Wildman–Crippen MR) is 89.6 cm³/mol. The normalized spacial score (nSPS) is 32.3. The quantitative estimate of drug-likeness (QED) is 0.863. The van der Waals surface area contributed by atoms with Gasteiger partial charge >= 0.3 is 6.18 Å². The summed E-state index contributed by atoms with van der Waals surface area (Å²) in [6, 6.07) is 8.18. The highest BCUT2D eigenvalue weighted by Crippen LogP contribution is 2.55. The highest BCUT2D eigenvalue weighted by atomic mass is 19.4. The number of hydrogen-bond acceptors (Lipinski definition) is 3. The first-order valence-corrected chi connectivity index (χ1v) is 8.91. The monoisotopic (exact) mass is 361 g/mol. The molecule has 1 aromatic carbocycles. The fraction of sp³-hybridized carbons (Fsp3) is 0.474. The number of fused-ring (bicyclic) bond motifs is 5. The lowest BCUT2D eigenvalue weighted by molar-refractivity contribution is -0.140. The number of para-hydroxylation sites is 1. The number of carbonyl (C=O) groups excluding carboxylic acids is 1. The molecule has 5 rings (SSSR count). The fourth-order valence-corrected chi connectivity index (χ4v) is 4.86. The van der Waals surface area contributed by atoms with Crippen molar-refractivity contribution in [3.05, 3.63) is 41.6 Å². The molecular formula is C19H18F3N3O. The van der Waals surface area contributed by atoms with Crippen LogP contribution in [0.25, 0.3) is 10.9 Å². The van der Waals surface area contributed by atoms with Crippen molar-refractivity contribution in [3.63, 3.8) is 0 Å². The number of nitrogens with one attached hydrogen (secondary N) is 2. The van der Waals surface area contributed by atoms with Crippen molar-refractivity contribution in [3.8, 4) is 0 Å². The number of aromatic nitrogens is 1. The van der Waals surface area contributed by atoms with Crippen molar-refractivity contribution in [2.75, 3.05) is 0 Å². The number of amides is 1. The van der Waals surface area contributed by atoms with Crippen molar-refractivity contribution in [2.24, 2.45) is 5.92 Å². The van der Waals surface area contributed by atoms with Crippen LogP contribution in [0.1, 0.15) is 41.7 Å². The van der Waals surface area contributed by atoms with Gasteiger partial charge in [-0.25, -0.2) is 4.98 Å². The molecule has 26 heavy (non-hydrogen) atoms. The van der Waals surface area contributed by atoms with E-state index in [9.17, 15) is 18.0 Å². The minimum absolute atomic E-state index is 0.0498. The Labute approximate surface area is 148 Å². The fourth-order valence-electron chi connectivity index (χ4n) is 4.86. The smallest absolute Gasteiger partial charge is 0.346 e. The van der Waals surface area contributed by atoms with E-state index in [2.05, 4.69) is 15.6 Å². The van der Waals surface area contributed by atoms with Gasteiger partial charge in [0.2, 0.25) is 0 Å². The number of hydrogen-bond donors (Lipinski definition) is 2. The van der Waals surface area contributed by atoms with Crippen molar-refractivity contribution >= 4 is 16.8 Å². The van der Waals surface area contributed by atoms with Gasteiger partial charge in [-0.15, -0.1) is 0 Å². The van der Waals surface area contributed by atoms with E-state index < -0.39 is 17.8 Å². The standard InChI is InChI=1S/C19H18F3N3O/c20-19(21,22)16-7-12(11-3-1-2-4-14(11)24-16)17(26)25-18-8-10-5-6-15(23-10)13(18)9-18/h1-4,7,10,13,15,23H,5-6,8-9H2,(H,25,26)/t10-,13+,15+,18-/m1/s1. The molecule has 2 aliphatic heterocycles. The second-order valence-corrected chi connectivity index (χ2v) is 7.74. The molecule has 2 aromatic rings. The molecule has 0 unspecified atom stereocenters. The zero-order valence-corrected chi connectivity index (χ0v) is 13.9. The number of pyridine rings is 1. The number of nitrogens with zero attached hydrogens (tertiary/aromatic N) is 1. The average Bonchev–Trinajstić information content (AvgIpc) is 3.17. The molecule has 1 amide bonds. The van der Waals surface area contributed by atoms with E-state index in [0.29, 0.717) is 23.4 Å². The van der Waals surface area contributed by atoms with Crippen LogP contribution in [0.15, 0.2) is 30.3 Å². The number of alkyl halides is 3. The topological polar surface area (TPSA) is 54.0 Å². The Morgan fingerprint density at radius 2 is 2.04 bits per heavy atom. The summed E-state index contributed by atoms with van der Waals surface area (Å²) >= 11 is 0. The summed E-state index contributed by atoms with van der Waals surface area (Å²) in [5.74, 6) is -0.0433. The van der Waals surface area contributed by atoms with Gasteiger partial charge in [-0.3, -0.25) is 4.79 Å². The summed E-state index contributed by atoms with van der Waals surface area (Å²) in [5.41, 5.74) is -1.05. The van der Waals surface area contributed by atoms with E-state index in [1.165, 1.54) is 6.07 Å². The van der Waals surface area contributed by atoms with Crippen molar-refractivity contribution in [2.45, 2.75) is 49.5 Å². The predicted octanol–water partition coefficient (Wildman–Crippen LogP) is 3.27. The molecule has 2 bridgehead atoms. The maximum absolute atomic E-state index is 13.2. The lowest BCUT2D eigenvalue weighted by Gasteiger charge is -2.29. The molecule has 4 atom stereocenters. The van der Waals surface area contributed by atoms with Gasteiger partial charge in [-0.2, -0.15) is 13.2 Å². The Morgan fingerprint density at radius 3 is 2.85 bits per heavy atom. The van der Waals surface area contributed by atoms with Crippen LogP contribution in [0.4, 0.5) is 13.2 Å². The van der Waals surface area contributed by atoms with E-state index in [0.717, 1.165) is 31.7 Å². The molecule has 1 saturated carbocycles. The molecule has 3 aliphatic rings. The van der Waals surface area contributed by atoms with Gasteiger partial charge < -0.3 is 10.6 Å². The molecule has 4 nitrogen and oxygen atoms in total. The maximum atomic E-state index is 13.2. The van der Waals surface area contributed by atoms with E-state index in [1.54, 1.807) is 18.2 Å². The lowest BCUT2D eigenvalue weighted by Crippen LogP contribution is -2.50. The molecule has 136 valence electrons. The van der Waals surface area contributed by atoms with Gasteiger partial charge in [0, 0.05) is 23.0 Å². The second-order valence-electron chi connectivity index (χ2n) is 7.74. The summed E-state index contributed by atoms with van der Waals surface area (Å²) in [6.07, 6.45) is -0.608. The Hall–Kier alpha value is -2.15. The first-order valence-electron chi connectivity index (χ1n) is 8.91. The molecule has 0 spiro atoms. The van der Waals surface area contributed by atoms with Gasteiger partial charge in [-0.1, -0.05) is 18.2 Å². The minimum Gasteiger partial charge on any atom is -0.346 e. The number of halogens is 3. The van der Waals surface area contributed by atoms with Crippen LogP contribution in [-0.2, 0) is 6.18 Å². The molecule has 2 saturated heterocycles. The number of rotatable bonds is 2. The van der Waals surface area contributed by atoms with Crippen LogP contribution in [0.3, 0.4) is 0 Å². The van der Waals surface area contributed by atoms with Gasteiger partial charge in [0.05, 0.1) is 11.1 Å². The van der Waals surface area contributed by atoms with Gasteiger partial charge in [0.25, 0.3) is 5.91 Å². The molecule has 2 N–H and O–H groups in total. The zero-order chi connectivity index (χ0) is 18.1. The number of benzene rings is 1. The highest BCUT2D eigenvalue weighted by molar-refractivity contribution is 6.06. The van der Waals surface area contributed by atoms with Crippen LogP contribution in [0, 0.1) is 5.92 Å². The Balaban J connectivity index is 1.51. The Morgan fingerprint density at radius 1 is 1.23 bits per heavy atom. The van der Waals surface area contributed by atoms with Crippen molar-refractivity contribution < 1.29 is 18.0 Å². The van der Waals surface area contributed by atoms with Gasteiger partial charge in [0.1, 0.15) is 5.69 Å². The molecule has 3 heterocycles. The van der Waals surface area contributed by atoms with Crippen molar-refractivity contribution in [1.29, 1.82) is 0 Å². The van der Waals surface area contributed by atoms with E-state index in [-0.39, 0.29) is 16.6 Å². The average molecular weight is 361 g/mol. The first-order chi connectivity index (χ1) is 12.4. The second kappa shape index (κ2) is 5.19. The van der Waals surface area contributed by atoms with Gasteiger partial charge in [0.15, 0.2) is 0 Å². The van der Waals surface area contributed by atoms with Crippen molar-refractivity contribution in [1.82, 2.24) is 15.6 Å². The third-order valence-electron chi connectivity index (χ3n) is 6.12. The number of piperidine rings is 1. The van der Waals surface area contributed by atoms with Crippen LogP contribution < -0.4 is 10.6 Å². The minimum atomic E-state index is -4.59. The lowest BCUT2D eigenvalue weighted by atomic mass is 9.98. The molecular weight excluding hydrogens is 343 g/mol. The molecule has 3 fully saturated rings. The van der Waals surface area contributed by atoms with Crippen LogP contribution in [0.5, 0.6) is 0 Å². The zero-order valence-electron chi connectivity index (χ0n) is 13.9. The first kappa shape index (κ1) is 16.1. The summed E-state index contributed by atoms with van der Waals surface area (Å²) in [7, 11) is 0. The SMILES string of the molecule is O=C(N[C@@]12C[C@H]3CC[C@H](N3)[C@@H]1C2)c1cc(C(F)(F)F)nc2ccccc12. The van der Waals surface area contributed by atoms with Crippen LogP contribution >= 0.6 is 0 Å². The Bertz CT molecular complexity index is 913. The highest BCUT2D eigenvalue weighted by Gasteiger charge is 2.63. The number of carbonyl (C=O) groups is 1. The largest absolute Gasteiger partial charge is 0.433 e. The molecule has 1 aliphatic carbocycles. The van der Waals surface area contributed by atoms with E-state index in [1.807, 2.05) is 0 Å². The third-order valence-corrected chi connectivity index (χ3v) is 6.12.